The van der Waals surface area contributed by atoms with Crippen LogP contribution in [-0.4, -0.2) is 28.1 Å². The molecule has 1 amide bonds. The number of aryl methyl sites for hydroxylation is 1. The van der Waals surface area contributed by atoms with E-state index in [1.807, 2.05) is 26.0 Å². The lowest BCUT2D eigenvalue weighted by Crippen LogP contribution is -2.35. The van der Waals surface area contributed by atoms with Crippen LogP contribution in [0.1, 0.15) is 31.5 Å². The lowest BCUT2D eigenvalue weighted by atomic mass is 10.1. The Bertz CT molecular complexity index is 377. The third-order valence-electron chi connectivity index (χ3n) is 2.55. The molecule has 0 radical (unpaired) electrons. The molecule has 2 atom stereocenters. The van der Waals surface area contributed by atoms with Gasteiger partial charge < -0.3 is 10.4 Å². The minimum absolute atomic E-state index is 0.0217. The normalized spacial score (nSPS) is 14.1. The first-order valence-corrected chi connectivity index (χ1v) is 5.87. The summed E-state index contributed by atoms with van der Waals surface area (Å²) in [6.45, 7) is 5.54. The summed E-state index contributed by atoms with van der Waals surface area (Å²) in [6, 6.07) is 3.77. The van der Waals surface area contributed by atoms with Gasteiger partial charge in [-0.2, -0.15) is 0 Å². The first-order chi connectivity index (χ1) is 7.99. The fourth-order valence-electron chi connectivity index (χ4n) is 1.75. The first-order valence-electron chi connectivity index (χ1n) is 5.87. The van der Waals surface area contributed by atoms with Crippen LogP contribution >= 0.6 is 0 Å². The van der Waals surface area contributed by atoms with Crippen LogP contribution in [-0.2, 0) is 11.2 Å². The van der Waals surface area contributed by atoms with E-state index >= 15 is 0 Å². The second kappa shape index (κ2) is 6.35. The van der Waals surface area contributed by atoms with Crippen LogP contribution in [0.25, 0.3) is 0 Å². The van der Waals surface area contributed by atoms with E-state index in [0.717, 1.165) is 11.3 Å². The highest BCUT2D eigenvalue weighted by Crippen LogP contribution is 2.04. The monoisotopic (exact) mass is 236 g/mol. The summed E-state index contributed by atoms with van der Waals surface area (Å²) in [5, 5.41) is 12.1. The van der Waals surface area contributed by atoms with Crippen molar-refractivity contribution in [2.75, 3.05) is 0 Å². The van der Waals surface area contributed by atoms with Gasteiger partial charge in [0.2, 0.25) is 5.91 Å². The van der Waals surface area contributed by atoms with Gasteiger partial charge in [-0.15, -0.1) is 0 Å². The molecule has 2 unspecified atom stereocenters. The van der Waals surface area contributed by atoms with Gasteiger partial charge >= 0.3 is 0 Å². The number of carbonyl (C=O) groups is 1. The molecule has 0 fully saturated rings. The average Bonchev–Trinajstić information content (AvgIpc) is 2.19. The molecule has 94 valence electrons. The Balaban J connectivity index is 2.47. The van der Waals surface area contributed by atoms with Gasteiger partial charge in [-0.25, -0.2) is 0 Å². The number of hydrogen-bond donors (Lipinski definition) is 2. The zero-order valence-corrected chi connectivity index (χ0v) is 10.6. The van der Waals surface area contributed by atoms with E-state index in [4.69, 9.17) is 0 Å². The van der Waals surface area contributed by atoms with Gasteiger partial charge in [0.05, 0.1) is 18.2 Å². The van der Waals surface area contributed by atoms with Crippen molar-refractivity contribution in [3.05, 3.63) is 29.6 Å². The summed E-state index contributed by atoms with van der Waals surface area (Å²) in [4.78, 5) is 15.9. The maximum Gasteiger partial charge on any atom is 0.226 e. The van der Waals surface area contributed by atoms with E-state index in [0.29, 0.717) is 6.42 Å². The molecule has 1 aromatic heterocycles. The Labute approximate surface area is 102 Å². The number of amides is 1. The Kier molecular flexibility index (Phi) is 5.10. The summed E-state index contributed by atoms with van der Waals surface area (Å²) in [5.74, 6) is -0.0556. The summed E-state index contributed by atoms with van der Waals surface area (Å²) >= 11 is 0. The molecule has 0 aliphatic carbocycles. The molecular weight excluding hydrogens is 216 g/mol. The van der Waals surface area contributed by atoms with E-state index < -0.39 is 6.10 Å². The SMILES string of the molecule is Cc1cccnc1CC(=O)NC(C)CC(C)O. The molecule has 0 bridgehead atoms. The van der Waals surface area contributed by atoms with Crippen LogP contribution < -0.4 is 5.32 Å². The zero-order valence-electron chi connectivity index (χ0n) is 10.6. The van der Waals surface area contributed by atoms with Gasteiger partial charge in [-0.1, -0.05) is 6.07 Å². The van der Waals surface area contributed by atoms with E-state index in [1.165, 1.54) is 0 Å². The topological polar surface area (TPSA) is 62.2 Å². The van der Waals surface area contributed by atoms with Crippen molar-refractivity contribution in [2.45, 2.75) is 45.8 Å². The van der Waals surface area contributed by atoms with Crippen molar-refractivity contribution in [1.29, 1.82) is 0 Å². The molecule has 0 spiro atoms. The molecular formula is C13H20N2O2. The number of carbonyl (C=O) groups excluding carboxylic acids is 1. The number of rotatable bonds is 5. The highest BCUT2D eigenvalue weighted by atomic mass is 16.3. The molecule has 0 aromatic carbocycles. The van der Waals surface area contributed by atoms with Gasteiger partial charge in [0.15, 0.2) is 0 Å². The smallest absolute Gasteiger partial charge is 0.226 e. The van der Waals surface area contributed by atoms with Crippen LogP contribution in [0.15, 0.2) is 18.3 Å². The van der Waals surface area contributed by atoms with Crippen molar-refractivity contribution in [3.8, 4) is 0 Å². The maximum absolute atomic E-state index is 11.7. The fourth-order valence-corrected chi connectivity index (χ4v) is 1.75. The van der Waals surface area contributed by atoms with Crippen LogP contribution in [0.5, 0.6) is 0 Å². The highest BCUT2D eigenvalue weighted by molar-refractivity contribution is 5.78. The quantitative estimate of drug-likeness (QED) is 0.807. The third kappa shape index (κ3) is 4.95. The largest absolute Gasteiger partial charge is 0.393 e. The van der Waals surface area contributed by atoms with Gasteiger partial charge in [-0.05, 0) is 38.8 Å². The molecule has 0 saturated heterocycles. The molecule has 0 aliphatic heterocycles. The zero-order chi connectivity index (χ0) is 12.8. The van der Waals surface area contributed by atoms with Crippen LogP contribution in [0, 0.1) is 6.92 Å². The number of hydrogen-bond acceptors (Lipinski definition) is 3. The van der Waals surface area contributed by atoms with Crippen LogP contribution in [0.2, 0.25) is 0 Å². The van der Waals surface area contributed by atoms with Gasteiger partial charge in [-0.3, -0.25) is 9.78 Å². The number of nitrogens with one attached hydrogen (secondary N) is 1. The molecule has 0 aliphatic rings. The summed E-state index contributed by atoms with van der Waals surface area (Å²) in [5.41, 5.74) is 1.82. The number of aliphatic hydroxyl groups excluding tert-OH is 1. The second-order valence-electron chi connectivity index (χ2n) is 4.50. The predicted octanol–water partition coefficient (Wildman–Crippen LogP) is 1.21. The van der Waals surface area contributed by atoms with E-state index in [9.17, 15) is 9.90 Å². The molecule has 4 nitrogen and oxygen atoms in total. The molecule has 0 saturated carbocycles. The summed E-state index contributed by atoms with van der Waals surface area (Å²) < 4.78 is 0. The predicted molar refractivity (Wildman–Crippen MR) is 66.6 cm³/mol. The van der Waals surface area contributed by atoms with Crippen LogP contribution in [0.3, 0.4) is 0 Å². The van der Waals surface area contributed by atoms with Crippen molar-refractivity contribution >= 4 is 5.91 Å². The number of pyridine rings is 1. The molecule has 1 rings (SSSR count). The van der Waals surface area contributed by atoms with Crippen molar-refractivity contribution in [3.63, 3.8) is 0 Å². The summed E-state index contributed by atoms with van der Waals surface area (Å²) in [7, 11) is 0. The van der Waals surface area contributed by atoms with Crippen molar-refractivity contribution in [2.24, 2.45) is 0 Å². The molecule has 17 heavy (non-hydrogen) atoms. The molecule has 4 heteroatoms. The minimum atomic E-state index is -0.401. The third-order valence-corrected chi connectivity index (χ3v) is 2.55. The minimum Gasteiger partial charge on any atom is -0.393 e. The van der Waals surface area contributed by atoms with E-state index in [1.54, 1.807) is 13.1 Å². The lowest BCUT2D eigenvalue weighted by molar-refractivity contribution is -0.121. The number of nitrogens with zero attached hydrogens (tertiary/aromatic N) is 1. The standard InChI is InChI=1S/C13H20N2O2/c1-9-5-4-6-14-12(9)8-13(17)15-10(2)7-11(3)16/h4-6,10-11,16H,7-8H2,1-3H3,(H,15,17). The Hall–Kier alpha value is -1.42. The van der Waals surface area contributed by atoms with E-state index in [2.05, 4.69) is 10.3 Å². The van der Waals surface area contributed by atoms with Crippen molar-refractivity contribution < 1.29 is 9.90 Å². The lowest BCUT2D eigenvalue weighted by Gasteiger charge is -2.15. The van der Waals surface area contributed by atoms with Crippen molar-refractivity contribution in [1.82, 2.24) is 10.3 Å². The number of aromatic nitrogens is 1. The molecule has 2 N–H and O–H groups in total. The fraction of sp³-hybridized carbons (Fsp3) is 0.538. The highest BCUT2D eigenvalue weighted by Gasteiger charge is 2.11. The second-order valence-corrected chi connectivity index (χ2v) is 4.50. The Morgan fingerprint density at radius 2 is 2.24 bits per heavy atom. The van der Waals surface area contributed by atoms with Crippen LogP contribution in [0.4, 0.5) is 0 Å². The van der Waals surface area contributed by atoms with Gasteiger partial charge in [0, 0.05) is 12.2 Å². The Morgan fingerprint density at radius 3 is 2.82 bits per heavy atom. The van der Waals surface area contributed by atoms with Gasteiger partial charge in [0.25, 0.3) is 0 Å². The van der Waals surface area contributed by atoms with Gasteiger partial charge in [0.1, 0.15) is 0 Å². The molecule has 1 aromatic rings. The molecule has 1 heterocycles. The Morgan fingerprint density at radius 1 is 1.53 bits per heavy atom. The summed E-state index contributed by atoms with van der Waals surface area (Å²) in [6.07, 6.45) is 2.14. The number of aliphatic hydroxyl groups is 1. The maximum atomic E-state index is 11.7. The van der Waals surface area contributed by atoms with E-state index in [-0.39, 0.29) is 18.4 Å². The average molecular weight is 236 g/mol. The first kappa shape index (κ1) is 13.6.